The number of ether oxygens (including phenoxy) is 1. The fraction of sp³-hybridized carbons (Fsp3) is 0.0588. The molecule has 0 spiro atoms. The zero-order valence-corrected chi connectivity index (χ0v) is 11.4. The molecule has 0 amide bonds. The van der Waals surface area contributed by atoms with Gasteiger partial charge in [0.2, 0.25) is 5.78 Å². The van der Waals surface area contributed by atoms with E-state index in [-0.39, 0.29) is 17.1 Å². The summed E-state index contributed by atoms with van der Waals surface area (Å²) in [5, 5.41) is 18.6. The SMILES string of the molecule is COc1cccc(C(=O)/C(C#N)=C/c2cccc(O)c2)c1. The topological polar surface area (TPSA) is 70.3 Å². The highest BCUT2D eigenvalue weighted by molar-refractivity contribution is 6.14. The van der Waals surface area contributed by atoms with E-state index in [2.05, 4.69) is 0 Å². The predicted octanol–water partition coefficient (Wildman–Crippen LogP) is 3.19. The zero-order valence-electron chi connectivity index (χ0n) is 11.4. The summed E-state index contributed by atoms with van der Waals surface area (Å²) >= 11 is 0. The molecule has 1 N–H and O–H groups in total. The molecule has 0 bridgehead atoms. The Kier molecular flexibility index (Phi) is 4.37. The van der Waals surface area contributed by atoms with Gasteiger partial charge in [-0.3, -0.25) is 4.79 Å². The fourth-order valence-corrected chi connectivity index (χ4v) is 1.85. The van der Waals surface area contributed by atoms with Crippen molar-refractivity contribution in [2.24, 2.45) is 0 Å². The van der Waals surface area contributed by atoms with Gasteiger partial charge in [-0.15, -0.1) is 0 Å². The van der Waals surface area contributed by atoms with Crippen LogP contribution in [0.4, 0.5) is 0 Å². The van der Waals surface area contributed by atoms with Crippen LogP contribution < -0.4 is 4.74 Å². The van der Waals surface area contributed by atoms with E-state index in [9.17, 15) is 15.2 Å². The minimum atomic E-state index is -0.389. The van der Waals surface area contributed by atoms with Gasteiger partial charge in [-0.1, -0.05) is 24.3 Å². The quantitative estimate of drug-likeness (QED) is 0.530. The summed E-state index contributed by atoms with van der Waals surface area (Å²) in [7, 11) is 1.51. The van der Waals surface area contributed by atoms with Crippen molar-refractivity contribution in [2.45, 2.75) is 0 Å². The Morgan fingerprint density at radius 2 is 2.00 bits per heavy atom. The summed E-state index contributed by atoms with van der Waals surface area (Å²) in [5.74, 6) is 0.241. The molecule has 0 aliphatic carbocycles. The van der Waals surface area contributed by atoms with Crippen molar-refractivity contribution >= 4 is 11.9 Å². The predicted molar refractivity (Wildman–Crippen MR) is 79.0 cm³/mol. The highest BCUT2D eigenvalue weighted by atomic mass is 16.5. The summed E-state index contributed by atoms with van der Waals surface area (Å²) in [5.41, 5.74) is 0.957. The number of nitriles is 1. The van der Waals surface area contributed by atoms with Crippen LogP contribution in [0.15, 0.2) is 54.1 Å². The lowest BCUT2D eigenvalue weighted by Gasteiger charge is -2.03. The highest BCUT2D eigenvalue weighted by Crippen LogP contribution is 2.19. The Labute approximate surface area is 122 Å². The van der Waals surface area contributed by atoms with Gasteiger partial charge in [-0.2, -0.15) is 5.26 Å². The first-order chi connectivity index (χ1) is 10.1. The third-order valence-electron chi connectivity index (χ3n) is 2.88. The number of phenolic OH excluding ortho intramolecular Hbond substituents is 1. The fourth-order valence-electron chi connectivity index (χ4n) is 1.85. The molecule has 2 aromatic rings. The molecule has 4 heteroatoms. The van der Waals surface area contributed by atoms with E-state index in [1.54, 1.807) is 36.4 Å². The molecule has 0 heterocycles. The van der Waals surface area contributed by atoms with E-state index < -0.39 is 0 Å². The summed E-state index contributed by atoms with van der Waals surface area (Å²) < 4.78 is 5.06. The lowest BCUT2D eigenvalue weighted by Crippen LogP contribution is -2.02. The largest absolute Gasteiger partial charge is 0.508 e. The Morgan fingerprint density at radius 1 is 1.24 bits per heavy atom. The van der Waals surface area contributed by atoms with Crippen LogP contribution in [0.3, 0.4) is 0 Å². The molecule has 2 aromatic carbocycles. The standard InChI is InChI=1S/C17H13NO3/c1-21-16-7-3-5-13(10-16)17(20)14(11-18)8-12-4-2-6-15(19)9-12/h2-10,19H,1H3/b14-8+. The number of rotatable bonds is 4. The number of hydrogen-bond acceptors (Lipinski definition) is 4. The van der Waals surface area contributed by atoms with E-state index in [0.717, 1.165) is 0 Å². The number of benzene rings is 2. The molecular formula is C17H13NO3. The second kappa shape index (κ2) is 6.40. The van der Waals surface area contributed by atoms with E-state index in [1.165, 1.54) is 25.3 Å². The zero-order chi connectivity index (χ0) is 15.2. The van der Waals surface area contributed by atoms with Gasteiger partial charge in [-0.25, -0.2) is 0 Å². The molecule has 0 aliphatic rings. The molecule has 0 saturated carbocycles. The number of Topliss-reactive ketones (excluding diaryl/α,β-unsaturated/α-hetero) is 1. The highest BCUT2D eigenvalue weighted by Gasteiger charge is 2.13. The van der Waals surface area contributed by atoms with Crippen LogP contribution in [0.5, 0.6) is 11.5 Å². The average Bonchev–Trinajstić information content (AvgIpc) is 2.52. The lowest BCUT2D eigenvalue weighted by molar-refractivity contribution is 0.103. The van der Waals surface area contributed by atoms with Crippen molar-refractivity contribution in [2.75, 3.05) is 7.11 Å². The minimum absolute atomic E-state index is 0.00569. The Balaban J connectivity index is 2.37. The Hall–Kier alpha value is -3.06. The molecular weight excluding hydrogens is 266 g/mol. The first kappa shape index (κ1) is 14.4. The molecule has 104 valence electrons. The molecule has 21 heavy (non-hydrogen) atoms. The third kappa shape index (κ3) is 3.48. The normalized spacial score (nSPS) is 10.8. The van der Waals surface area contributed by atoms with Gasteiger partial charge in [0.1, 0.15) is 23.1 Å². The van der Waals surface area contributed by atoms with E-state index in [1.807, 2.05) is 6.07 Å². The van der Waals surface area contributed by atoms with E-state index in [0.29, 0.717) is 16.9 Å². The summed E-state index contributed by atoms with van der Waals surface area (Å²) in [6.07, 6.45) is 1.45. The Bertz CT molecular complexity index is 742. The van der Waals surface area contributed by atoms with Crippen LogP contribution in [0.2, 0.25) is 0 Å². The van der Waals surface area contributed by atoms with Gasteiger partial charge >= 0.3 is 0 Å². The van der Waals surface area contributed by atoms with Gasteiger partial charge < -0.3 is 9.84 Å². The average molecular weight is 279 g/mol. The summed E-state index contributed by atoms with van der Waals surface area (Å²) in [6.45, 7) is 0. The number of phenols is 1. The van der Waals surface area contributed by atoms with Crippen LogP contribution in [0, 0.1) is 11.3 Å². The second-order valence-corrected chi connectivity index (χ2v) is 4.33. The smallest absolute Gasteiger partial charge is 0.203 e. The number of hydrogen-bond donors (Lipinski definition) is 1. The molecule has 0 radical (unpaired) electrons. The van der Waals surface area contributed by atoms with Gasteiger partial charge in [0, 0.05) is 5.56 Å². The number of nitrogens with zero attached hydrogens (tertiary/aromatic N) is 1. The Morgan fingerprint density at radius 3 is 2.67 bits per heavy atom. The third-order valence-corrected chi connectivity index (χ3v) is 2.88. The van der Waals surface area contributed by atoms with Crippen molar-refractivity contribution in [1.29, 1.82) is 5.26 Å². The number of aromatic hydroxyl groups is 1. The van der Waals surface area contributed by atoms with Crippen LogP contribution >= 0.6 is 0 Å². The van der Waals surface area contributed by atoms with Gasteiger partial charge in [-0.05, 0) is 35.9 Å². The van der Waals surface area contributed by atoms with Gasteiger partial charge in [0.05, 0.1) is 7.11 Å². The van der Waals surface area contributed by atoms with Crippen LogP contribution in [-0.2, 0) is 0 Å². The molecule has 0 saturated heterocycles. The summed E-state index contributed by atoms with van der Waals surface area (Å²) in [4.78, 5) is 12.3. The molecule has 2 rings (SSSR count). The molecule has 0 atom stereocenters. The number of carbonyl (C=O) groups excluding carboxylic acids is 1. The van der Waals surface area contributed by atoms with Crippen molar-refractivity contribution in [3.05, 3.63) is 65.2 Å². The van der Waals surface area contributed by atoms with Crippen LogP contribution in [0.25, 0.3) is 6.08 Å². The molecule has 4 nitrogen and oxygen atoms in total. The maximum Gasteiger partial charge on any atom is 0.203 e. The van der Waals surface area contributed by atoms with E-state index >= 15 is 0 Å². The van der Waals surface area contributed by atoms with Gasteiger partial charge in [0.25, 0.3) is 0 Å². The lowest BCUT2D eigenvalue weighted by atomic mass is 10.0. The number of ketones is 1. The van der Waals surface area contributed by atoms with Crippen LogP contribution in [-0.4, -0.2) is 18.0 Å². The van der Waals surface area contributed by atoms with Gasteiger partial charge in [0.15, 0.2) is 0 Å². The number of allylic oxidation sites excluding steroid dienone is 1. The monoisotopic (exact) mass is 279 g/mol. The number of carbonyl (C=O) groups is 1. The van der Waals surface area contributed by atoms with Crippen molar-refractivity contribution in [3.63, 3.8) is 0 Å². The van der Waals surface area contributed by atoms with Crippen LogP contribution in [0.1, 0.15) is 15.9 Å². The molecule has 0 aromatic heterocycles. The second-order valence-electron chi connectivity index (χ2n) is 4.33. The number of methoxy groups -OCH3 is 1. The maximum absolute atomic E-state index is 12.3. The maximum atomic E-state index is 12.3. The molecule has 0 aliphatic heterocycles. The summed E-state index contributed by atoms with van der Waals surface area (Å²) in [6, 6.07) is 14.9. The molecule has 0 fully saturated rings. The minimum Gasteiger partial charge on any atom is -0.508 e. The molecule has 0 unspecified atom stereocenters. The van der Waals surface area contributed by atoms with Crippen molar-refractivity contribution in [3.8, 4) is 17.6 Å². The van der Waals surface area contributed by atoms with Crippen molar-refractivity contribution in [1.82, 2.24) is 0 Å². The van der Waals surface area contributed by atoms with E-state index in [4.69, 9.17) is 4.74 Å². The van der Waals surface area contributed by atoms with Crippen molar-refractivity contribution < 1.29 is 14.6 Å². The first-order valence-electron chi connectivity index (χ1n) is 6.23. The first-order valence-corrected chi connectivity index (χ1v) is 6.23.